The predicted molar refractivity (Wildman–Crippen MR) is 75.4 cm³/mol. The fraction of sp³-hybridized carbons (Fsp3) is 0.0714. The molecule has 0 aliphatic carbocycles. The van der Waals surface area contributed by atoms with Crippen LogP contribution in [0.3, 0.4) is 0 Å². The highest BCUT2D eigenvalue weighted by atomic mass is 35.5. The number of aromatic nitrogens is 3. The van der Waals surface area contributed by atoms with E-state index in [1.165, 1.54) is 13.4 Å². The van der Waals surface area contributed by atoms with Crippen molar-refractivity contribution >= 4 is 22.5 Å². The van der Waals surface area contributed by atoms with E-state index in [-0.39, 0.29) is 11.0 Å². The quantitative estimate of drug-likeness (QED) is 0.690. The van der Waals surface area contributed by atoms with Gasteiger partial charge in [0.25, 0.3) is 5.88 Å². The zero-order valence-electron chi connectivity index (χ0n) is 10.6. The molecule has 0 spiro atoms. The van der Waals surface area contributed by atoms with Crippen molar-refractivity contribution in [2.75, 3.05) is 7.11 Å². The van der Waals surface area contributed by atoms with Crippen LogP contribution in [0.1, 0.15) is 0 Å². The van der Waals surface area contributed by atoms with Crippen molar-refractivity contribution in [2.24, 2.45) is 0 Å². The first-order chi connectivity index (χ1) is 9.78. The molecule has 0 bridgehead atoms. The van der Waals surface area contributed by atoms with E-state index in [2.05, 4.69) is 15.0 Å². The van der Waals surface area contributed by atoms with Crippen LogP contribution in [0.4, 0.5) is 0 Å². The Morgan fingerprint density at radius 1 is 1.10 bits per heavy atom. The van der Waals surface area contributed by atoms with Crippen LogP contribution in [0.25, 0.3) is 10.9 Å². The Hall–Kier alpha value is -2.40. The molecule has 2 aromatic heterocycles. The molecule has 5 nitrogen and oxygen atoms in total. The van der Waals surface area contributed by atoms with Crippen LogP contribution in [0, 0.1) is 0 Å². The molecule has 100 valence electrons. The highest BCUT2D eigenvalue weighted by Crippen LogP contribution is 2.34. The molecule has 0 aliphatic rings. The lowest BCUT2D eigenvalue weighted by Crippen LogP contribution is -1.95. The summed E-state index contributed by atoms with van der Waals surface area (Å²) in [6, 6.07) is 9.45. The molecule has 6 heteroatoms. The fourth-order valence-corrected chi connectivity index (χ4v) is 2.00. The zero-order valence-corrected chi connectivity index (χ0v) is 11.3. The molecule has 0 atom stereocenters. The standard InChI is InChI=1S/C14H10ClN3O2/c1-19-12-13(15)17-8-18-14(12)20-10-5-4-9-3-2-6-16-11(9)7-10/h2-8H,1H3. The molecule has 0 fully saturated rings. The molecular weight excluding hydrogens is 278 g/mol. The molecule has 0 unspecified atom stereocenters. The second-order valence-corrected chi connectivity index (χ2v) is 4.32. The smallest absolute Gasteiger partial charge is 0.267 e. The number of fused-ring (bicyclic) bond motifs is 1. The van der Waals surface area contributed by atoms with Crippen LogP contribution in [-0.4, -0.2) is 22.1 Å². The van der Waals surface area contributed by atoms with Gasteiger partial charge in [-0.25, -0.2) is 4.98 Å². The summed E-state index contributed by atoms with van der Waals surface area (Å²) in [6.45, 7) is 0. The van der Waals surface area contributed by atoms with Gasteiger partial charge >= 0.3 is 0 Å². The largest absolute Gasteiger partial charge is 0.489 e. The molecule has 2 heterocycles. The van der Waals surface area contributed by atoms with Crippen molar-refractivity contribution in [2.45, 2.75) is 0 Å². The van der Waals surface area contributed by atoms with Gasteiger partial charge in [0.1, 0.15) is 12.1 Å². The van der Waals surface area contributed by atoms with E-state index >= 15 is 0 Å². The molecule has 0 aliphatic heterocycles. The molecule has 0 N–H and O–H groups in total. The maximum atomic E-state index is 5.92. The van der Waals surface area contributed by atoms with Crippen molar-refractivity contribution in [1.29, 1.82) is 0 Å². The Morgan fingerprint density at radius 2 is 2.00 bits per heavy atom. The third-order valence-electron chi connectivity index (χ3n) is 2.72. The SMILES string of the molecule is COc1c(Cl)ncnc1Oc1ccc2cccnc2c1. The van der Waals surface area contributed by atoms with Gasteiger partial charge in [-0.05, 0) is 18.2 Å². The fourth-order valence-electron chi connectivity index (χ4n) is 1.80. The topological polar surface area (TPSA) is 57.1 Å². The first kappa shape index (κ1) is 12.6. The second kappa shape index (κ2) is 5.30. The minimum absolute atomic E-state index is 0.205. The normalized spacial score (nSPS) is 10.5. The average molecular weight is 288 g/mol. The van der Waals surface area contributed by atoms with Gasteiger partial charge in [-0.2, -0.15) is 4.98 Å². The molecule has 3 rings (SSSR count). The van der Waals surface area contributed by atoms with Gasteiger partial charge in [0.05, 0.1) is 12.6 Å². The summed E-state index contributed by atoms with van der Waals surface area (Å²) in [5, 5.41) is 1.24. The van der Waals surface area contributed by atoms with Gasteiger partial charge in [-0.1, -0.05) is 17.7 Å². The first-order valence-corrected chi connectivity index (χ1v) is 6.23. The van der Waals surface area contributed by atoms with Gasteiger partial charge in [-0.3, -0.25) is 4.98 Å². The van der Waals surface area contributed by atoms with Crippen molar-refractivity contribution < 1.29 is 9.47 Å². The number of methoxy groups -OCH3 is 1. The second-order valence-electron chi connectivity index (χ2n) is 3.96. The van der Waals surface area contributed by atoms with Crippen LogP contribution in [0.2, 0.25) is 5.15 Å². The summed E-state index contributed by atoms with van der Waals surface area (Å²) in [5.74, 6) is 1.17. The van der Waals surface area contributed by atoms with E-state index in [9.17, 15) is 0 Å². The van der Waals surface area contributed by atoms with Crippen LogP contribution >= 0.6 is 11.6 Å². The van der Waals surface area contributed by atoms with Gasteiger partial charge < -0.3 is 9.47 Å². The van der Waals surface area contributed by atoms with E-state index in [0.717, 1.165) is 10.9 Å². The summed E-state index contributed by atoms with van der Waals surface area (Å²) >= 11 is 5.92. The number of benzene rings is 1. The lowest BCUT2D eigenvalue weighted by atomic mass is 10.2. The van der Waals surface area contributed by atoms with E-state index in [0.29, 0.717) is 11.5 Å². The van der Waals surface area contributed by atoms with E-state index in [1.807, 2.05) is 30.3 Å². The lowest BCUT2D eigenvalue weighted by Gasteiger charge is -2.09. The van der Waals surface area contributed by atoms with E-state index < -0.39 is 0 Å². The minimum Gasteiger partial charge on any atom is -0.489 e. The summed E-state index contributed by atoms with van der Waals surface area (Å²) in [4.78, 5) is 12.1. The van der Waals surface area contributed by atoms with Gasteiger partial charge in [0.15, 0.2) is 5.15 Å². The molecule has 3 aromatic rings. The highest BCUT2D eigenvalue weighted by molar-refractivity contribution is 6.31. The maximum absolute atomic E-state index is 5.92. The Morgan fingerprint density at radius 3 is 2.85 bits per heavy atom. The summed E-state index contributed by atoms with van der Waals surface area (Å²) in [6.07, 6.45) is 3.05. The molecule has 0 saturated heterocycles. The molecule has 0 saturated carbocycles. The molecule has 0 radical (unpaired) electrons. The zero-order chi connectivity index (χ0) is 13.9. The summed E-state index contributed by atoms with van der Waals surface area (Å²) in [5.41, 5.74) is 0.837. The third-order valence-corrected chi connectivity index (χ3v) is 2.99. The maximum Gasteiger partial charge on any atom is 0.267 e. The number of hydrogen-bond acceptors (Lipinski definition) is 5. The molecule has 1 aromatic carbocycles. The first-order valence-electron chi connectivity index (χ1n) is 5.85. The van der Waals surface area contributed by atoms with Gasteiger partial charge in [-0.15, -0.1) is 0 Å². The van der Waals surface area contributed by atoms with Crippen molar-refractivity contribution in [3.05, 3.63) is 48.0 Å². The van der Waals surface area contributed by atoms with E-state index in [1.54, 1.807) is 6.20 Å². The predicted octanol–water partition coefficient (Wildman–Crippen LogP) is 3.48. The third kappa shape index (κ3) is 2.35. The minimum atomic E-state index is 0.205. The number of halogens is 1. The average Bonchev–Trinajstić information content (AvgIpc) is 2.47. The van der Waals surface area contributed by atoms with Crippen molar-refractivity contribution in [1.82, 2.24) is 15.0 Å². The van der Waals surface area contributed by atoms with Crippen LogP contribution in [0.5, 0.6) is 17.4 Å². The lowest BCUT2D eigenvalue weighted by molar-refractivity contribution is 0.367. The Kier molecular flexibility index (Phi) is 3.35. The number of nitrogens with zero attached hydrogens (tertiary/aromatic N) is 3. The Bertz CT molecular complexity index is 764. The van der Waals surface area contributed by atoms with Crippen LogP contribution < -0.4 is 9.47 Å². The van der Waals surface area contributed by atoms with Crippen molar-refractivity contribution in [3.63, 3.8) is 0 Å². The van der Waals surface area contributed by atoms with Crippen LogP contribution in [-0.2, 0) is 0 Å². The van der Waals surface area contributed by atoms with Gasteiger partial charge in [0.2, 0.25) is 5.75 Å². The summed E-state index contributed by atoms with van der Waals surface area (Å²) < 4.78 is 10.8. The Balaban J connectivity index is 1.99. The molecule has 20 heavy (non-hydrogen) atoms. The molecule has 0 amide bonds. The summed E-state index contributed by atoms with van der Waals surface area (Å²) in [7, 11) is 1.49. The number of rotatable bonds is 3. The number of ether oxygens (including phenoxy) is 2. The highest BCUT2D eigenvalue weighted by Gasteiger charge is 2.12. The van der Waals surface area contributed by atoms with Crippen LogP contribution in [0.15, 0.2) is 42.9 Å². The Labute approximate surface area is 120 Å². The number of pyridine rings is 1. The van der Waals surface area contributed by atoms with Crippen molar-refractivity contribution in [3.8, 4) is 17.4 Å². The monoisotopic (exact) mass is 287 g/mol. The van der Waals surface area contributed by atoms with E-state index in [4.69, 9.17) is 21.1 Å². The number of hydrogen-bond donors (Lipinski definition) is 0. The molecular formula is C14H10ClN3O2. The van der Waals surface area contributed by atoms with Gasteiger partial charge in [0, 0.05) is 17.6 Å².